The summed E-state index contributed by atoms with van der Waals surface area (Å²) in [7, 11) is 5.76. The van der Waals surface area contributed by atoms with Gasteiger partial charge in [-0.3, -0.25) is 0 Å². The van der Waals surface area contributed by atoms with Crippen LogP contribution in [0.3, 0.4) is 0 Å². The SMILES string of the molecule is COc1nc(N(C)C)sc1CNC1C2C3CCC(C3)C12. The van der Waals surface area contributed by atoms with Crippen molar-refractivity contribution < 1.29 is 4.74 Å². The number of anilines is 1. The molecule has 1 aromatic rings. The van der Waals surface area contributed by atoms with Crippen molar-refractivity contribution in [3.63, 3.8) is 0 Å². The minimum atomic E-state index is 0.774. The number of hydrogen-bond donors (Lipinski definition) is 1. The topological polar surface area (TPSA) is 37.4 Å². The van der Waals surface area contributed by atoms with E-state index < -0.39 is 0 Å². The molecule has 4 nitrogen and oxygen atoms in total. The highest BCUT2D eigenvalue weighted by molar-refractivity contribution is 7.15. The van der Waals surface area contributed by atoms with Gasteiger partial charge < -0.3 is 15.0 Å². The fraction of sp³-hybridized carbons (Fsp3) is 0.800. The summed E-state index contributed by atoms with van der Waals surface area (Å²) in [5.41, 5.74) is 0. The Morgan fingerprint density at radius 2 is 2.00 bits per heavy atom. The number of fused-ring (bicyclic) bond motifs is 5. The Bertz CT molecular complexity index is 499. The van der Waals surface area contributed by atoms with E-state index in [-0.39, 0.29) is 0 Å². The average Bonchev–Trinajstić information content (AvgIpc) is 2.85. The number of thiazole rings is 1. The van der Waals surface area contributed by atoms with Crippen molar-refractivity contribution in [2.24, 2.45) is 23.7 Å². The highest BCUT2D eigenvalue weighted by atomic mass is 32.1. The van der Waals surface area contributed by atoms with Crippen molar-refractivity contribution in [3.8, 4) is 5.88 Å². The molecule has 3 aliphatic carbocycles. The highest BCUT2D eigenvalue weighted by Crippen LogP contribution is 2.65. The zero-order valence-corrected chi connectivity index (χ0v) is 13.2. The van der Waals surface area contributed by atoms with Gasteiger partial charge in [-0.1, -0.05) is 11.3 Å². The Kier molecular flexibility index (Phi) is 2.96. The summed E-state index contributed by atoms with van der Waals surface area (Å²) in [6.07, 6.45) is 4.49. The van der Waals surface area contributed by atoms with Gasteiger partial charge in [0.05, 0.1) is 12.0 Å². The van der Waals surface area contributed by atoms with Crippen LogP contribution in [-0.4, -0.2) is 32.2 Å². The Labute approximate surface area is 124 Å². The van der Waals surface area contributed by atoms with Crippen molar-refractivity contribution in [1.29, 1.82) is 0 Å². The van der Waals surface area contributed by atoms with Crippen LogP contribution in [0.5, 0.6) is 5.88 Å². The summed E-state index contributed by atoms with van der Waals surface area (Å²) in [5, 5.41) is 4.80. The van der Waals surface area contributed by atoms with Crippen molar-refractivity contribution in [2.45, 2.75) is 31.8 Å². The number of nitrogens with zero attached hydrogens (tertiary/aromatic N) is 2. The third kappa shape index (κ3) is 1.86. The molecule has 0 radical (unpaired) electrons. The molecule has 5 heteroatoms. The van der Waals surface area contributed by atoms with E-state index in [4.69, 9.17) is 4.74 Å². The molecule has 1 aromatic heterocycles. The summed E-state index contributed by atoms with van der Waals surface area (Å²) in [5.74, 6) is 4.83. The van der Waals surface area contributed by atoms with Gasteiger partial charge in [-0.2, -0.15) is 4.98 Å². The van der Waals surface area contributed by atoms with E-state index >= 15 is 0 Å². The lowest BCUT2D eigenvalue weighted by Crippen LogP contribution is -2.22. The monoisotopic (exact) mass is 293 g/mol. The summed E-state index contributed by atoms with van der Waals surface area (Å²) in [4.78, 5) is 7.80. The van der Waals surface area contributed by atoms with E-state index in [0.29, 0.717) is 0 Å². The molecule has 1 heterocycles. The van der Waals surface area contributed by atoms with Crippen LogP contribution < -0.4 is 15.0 Å². The van der Waals surface area contributed by atoms with E-state index in [9.17, 15) is 0 Å². The number of aromatic nitrogens is 1. The Balaban J connectivity index is 1.41. The van der Waals surface area contributed by atoms with E-state index in [2.05, 4.69) is 10.3 Å². The van der Waals surface area contributed by atoms with Gasteiger partial charge in [0.2, 0.25) is 5.88 Å². The molecule has 110 valence electrons. The van der Waals surface area contributed by atoms with Gasteiger partial charge in [-0.15, -0.1) is 0 Å². The van der Waals surface area contributed by atoms with Crippen molar-refractivity contribution in [3.05, 3.63) is 4.88 Å². The Morgan fingerprint density at radius 1 is 1.30 bits per heavy atom. The van der Waals surface area contributed by atoms with Crippen LogP contribution in [-0.2, 0) is 6.54 Å². The number of rotatable bonds is 5. The number of methoxy groups -OCH3 is 1. The van der Waals surface area contributed by atoms with Crippen LogP contribution in [0.1, 0.15) is 24.1 Å². The first-order chi connectivity index (χ1) is 9.69. The standard InChI is InChI=1S/C15H23N3OS/c1-18(2)15-17-14(19-3)10(20-15)7-16-13-11-8-4-5-9(6-8)12(11)13/h8-9,11-13,16H,4-7H2,1-3H3. The van der Waals surface area contributed by atoms with Crippen LogP contribution in [0, 0.1) is 23.7 Å². The highest BCUT2D eigenvalue weighted by Gasteiger charge is 2.64. The molecule has 0 amide bonds. The van der Waals surface area contributed by atoms with Crippen LogP contribution in [0.2, 0.25) is 0 Å². The Hall–Kier alpha value is -0.810. The molecule has 0 saturated heterocycles. The first-order valence-electron chi connectivity index (χ1n) is 7.63. The van der Waals surface area contributed by atoms with E-state index in [1.54, 1.807) is 18.4 Å². The molecule has 4 unspecified atom stereocenters. The first-order valence-corrected chi connectivity index (χ1v) is 8.45. The van der Waals surface area contributed by atoms with E-state index in [1.165, 1.54) is 24.1 Å². The van der Waals surface area contributed by atoms with Crippen LogP contribution in [0.15, 0.2) is 0 Å². The van der Waals surface area contributed by atoms with Crippen LogP contribution in [0.25, 0.3) is 0 Å². The molecular formula is C15H23N3OS. The lowest BCUT2D eigenvalue weighted by Gasteiger charge is -2.10. The van der Waals surface area contributed by atoms with Gasteiger partial charge in [0, 0.05) is 26.7 Å². The van der Waals surface area contributed by atoms with Gasteiger partial charge in [0.1, 0.15) is 0 Å². The lowest BCUT2D eigenvalue weighted by molar-refractivity contribution is 0.392. The maximum atomic E-state index is 5.41. The van der Waals surface area contributed by atoms with Gasteiger partial charge in [0.25, 0.3) is 0 Å². The van der Waals surface area contributed by atoms with E-state index in [1.807, 2.05) is 19.0 Å². The molecule has 4 rings (SSSR count). The summed E-state index contributed by atoms with van der Waals surface area (Å²) >= 11 is 1.73. The average molecular weight is 293 g/mol. The quantitative estimate of drug-likeness (QED) is 0.904. The molecule has 3 fully saturated rings. The maximum absolute atomic E-state index is 5.41. The molecule has 0 aromatic carbocycles. The molecular weight excluding hydrogens is 270 g/mol. The van der Waals surface area contributed by atoms with Gasteiger partial charge in [0.15, 0.2) is 5.13 Å². The summed E-state index contributed by atoms with van der Waals surface area (Å²) < 4.78 is 5.41. The zero-order chi connectivity index (χ0) is 13.9. The molecule has 20 heavy (non-hydrogen) atoms. The third-order valence-corrected chi connectivity index (χ3v) is 6.66. The van der Waals surface area contributed by atoms with Crippen LogP contribution in [0.4, 0.5) is 5.13 Å². The zero-order valence-electron chi connectivity index (χ0n) is 12.4. The molecule has 4 atom stereocenters. The molecule has 0 spiro atoms. The number of hydrogen-bond acceptors (Lipinski definition) is 5. The lowest BCUT2D eigenvalue weighted by atomic mass is 10.0. The molecule has 2 bridgehead atoms. The minimum absolute atomic E-state index is 0.774. The van der Waals surface area contributed by atoms with Crippen LogP contribution >= 0.6 is 11.3 Å². The second kappa shape index (κ2) is 4.60. The molecule has 3 aliphatic rings. The van der Waals surface area contributed by atoms with Crippen molar-refractivity contribution in [1.82, 2.24) is 10.3 Å². The van der Waals surface area contributed by atoms with Crippen molar-refractivity contribution >= 4 is 16.5 Å². The third-order valence-electron chi connectivity index (χ3n) is 5.46. The second-order valence-corrected chi connectivity index (χ2v) is 7.78. The smallest absolute Gasteiger partial charge is 0.230 e. The predicted octanol–water partition coefficient (Wildman–Crippen LogP) is 2.35. The summed E-state index contributed by atoms with van der Waals surface area (Å²) in [6.45, 7) is 0.909. The normalized spacial score (nSPS) is 37.0. The fourth-order valence-corrected chi connectivity index (χ4v) is 5.50. The first kappa shape index (κ1) is 12.9. The second-order valence-electron chi connectivity index (χ2n) is 6.72. The predicted molar refractivity (Wildman–Crippen MR) is 81.4 cm³/mol. The molecule has 1 N–H and O–H groups in total. The number of ether oxygens (including phenoxy) is 1. The molecule has 3 saturated carbocycles. The maximum Gasteiger partial charge on any atom is 0.230 e. The van der Waals surface area contributed by atoms with Gasteiger partial charge in [-0.05, 0) is 42.9 Å². The van der Waals surface area contributed by atoms with E-state index in [0.717, 1.165) is 47.3 Å². The van der Waals surface area contributed by atoms with Gasteiger partial charge >= 0.3 is 0 Å². The van der Waals surface area contributed by atoms with Crippen molar-refractivity contribution in [2.75, 3.05) is 26.1 Å². The Morgan fingerprint density at radius 3 is 2.60 bits per heavy atom. The number of nitrogens with one attached hydrogen (secondary N) is 1. The largest absolute Gasteiger partial charge is 0.480 e. The minimum Gasteiger partial charge on any atom is -0.480 e. The van der Waals surface area contributed by atoms with Gasteiger partial charge in [-0.25, -0.2) is 0 Å². The summed E-state index contributed by atoms with van der Waals surface area (Å²) in [6, 6.07) is 0.774. The fourth-order valence-electron chi connectivity index (χ4n) is 4.60. The molecule has 0 aliphatic heterocycles.